The van der Waals surface area contributed by atoms with Crippen molar-refractivity contribution < 1.29 is 0 Å². The molecular weight excluding hydrogens is 589 g/mol. The quantitative estimate of drug-likeness (QED) is 0.195. The monoisotopic (exact) mass is 620 g/mol. The van der Waals surface area contributed by atoms with Crippen LogP contribution in [-0.2, 0) is 0 Å². The molecule has 9 rings (SSSR count). The number of fused-ring (bicyclic) bond motifs is 7. The molecule has 0 amide bonds. The second kappa shape index (κ2) is 11.5. The molecule has 2 aromatic heterocycles. The smallest absolute Gasteiger partial charge is 0.0711 e. The fraction of sp³-hybridized carbons (Fsp3) is 0.0682. The van der Waals surface area contributed by atoms with Gasteiger partial charge in [-0.3, -0.25) is 4.98 Å². The summed E-state index contributed by atoms with van der Waals surface area (Å²) in [4.78, 5) is 7.77. The van der Waals surface area contributed by atoms with Gasteiger partial charge >= 0.3 is 0 Å². The maximum absolute atomic E-state index is 5.20. The predicted octanol–water partition coefficient (Wildman–Crippen LogP) is 12.0. The molecule has 0 bridgehead atoms. The van der Waals surface area contributed by atoms with Crippen LogP contribution in [0.3, 0.4) is 0 Å². The van der Waals surface area contributed by atoms with E-state index in [1.54, 1.807) is 0 Å². The largest absolute Gasteiger partial charge is 0.309 e. The Kier molecular flexibility index (Phi) is 6.80. The zero-order valence-corrected chi connectivity index (χ0v) is 26.9. The highest BCUT2D eigenvalue weighted by Gasteiger charge is 2.27. The van der Waals surface area contributed by atoms with Crippen LogP contribution in [0.4, 0.5) is 0 Å². The van der Waals surface area contributed by atoms with Crippen LogP contribution in [0, 0.1) is 5.92 Å². The summed E-state index contributed by atoms with van der Waals surface area (Å²) in [7, 11) is 0. The topological polar surface area (TPSA) is 17.8 Å². The molecule has 0 saturated heterocycles. The number of nitrogens with zero attached hydrogens (tertiary/aromatic N) is 2. The van der Waals surface area contributed by atoms with E-state index in [1.165, 1.54) is 54.2 Å². The van der Waals surface area contributed by atoms with E-state index in [0.29, 0.717) is 5.92 Å². The molecule has 1 aliphatic heterocycles. The lowest BCUT2D eigenvalue weighted by molar-refractivity contribution is 0.621. The Morgan fingerprint density at radius 1 is 0.596 bits per heavy atom. The molecule has 224 valence electrons. The van der Waals surface area contributed by atoms with E-state index in [-0.39, 0.29) is 5.92 Å². The van der Waals surface area contributed by atoms with E-state index in [0.717, 1.165) is 22.6 Å². The molecule has 2 aliphatic rings. The van der Waals surface area contributed by atoms with Crippen LogP contribution in [-0.4, -0.2) is 9.55 Å². The van der Waals surface area contributed by atoms with Crippen molar-refractivity contribution in [3.63, 3.8) is 0 Å². The number of allylic oxidation sites excluding steroid dienone is 4. The number of rotatable bonds is 4. The second-order valence-electron chi connectivity index (χ2n) is 12.4. The maximum atomic E-state index is 5.20. The molecule has 2 nitrogen and oxygen atoms in total. The normalized spacial score (nSPS) is 16.4. The highest BCUT2D eigenvalue weighted by Crippen LogP contribution is 2.52. The number of pyridine rings is 1. The Balaban J connectivity index is 1.22. The zero-order chi connectivity index (χ0) is 31.3. The van der Waals surface area contributed by atoms with E-state index < -0.39 is 0 Å². The van der Waals surface area contributed by atoms with Crippen molar-refractivity contribution in [2.45, 2.75) is 22.6 Å². The van der Waals surface area contributed by atoms with Gasteiger partial charge in [0.1, 0.15) is 0 Å². The molecular formula is C44H32N2S. The van der Waals surface area contributed by atoms with Gasteiger partial charge in [-0.15, -0.1) is 0 Å². The third-order valence-corrected chi connectivity index (χ3v) is 10.7. The molecule has 0 spiro atoms. The van der Waals surface area contributed by atoms with Crippen LogP contribution in [0.1, 0.15) is 18.5 Å². The van der Waals surface area contributed by atoms with Crippen molar-refractivity contribution >= 4 is 22.7 Å². The van der Waals surface area contributed by atoms with Crippen LogP contribution in [0.5, 0.6) is 0 Å². The average molecular weight is 621 g/mol. The van der Waals surface area contributed by atoms with E-state index in [2.05, 4.69) is 175 Å². The standard InChI is InChI=1S/C44H32N2S/c1-29-13-5-6-16-34(29)39-28-32(27-38(45-39)31-14-3-2-4-15-31)30-23-25-33(26-24-30)46-40-20-10-7-17-35(40)43-36-18-8-11-21-41(36)47-42-22-12-9-19-37(42)44(43)46/h2-29,34H,1H3. The van der Waals surface area contributed by atoms with Crippen molar-refractivity contribution in [2.75, 3.05) is 0 Å². The summed E-state index contributed by atoms with van der Waals surface area (Å²) in [5, 5.41) is 1.27. The van der Waals surface area contributed by atoms with Crippen molar-refractivity contribution in [1.29, 1.82) is 0 Å². The van der Waals surface area contributed by atoms with Gasteiger partial charge in [-0.05, 0) is 65.1 Å². The lowest BCUT2D eigenvalue weighted by atomic mass is 9.86. The van der Waals surface area contributed by atoms with Crippen molar-refractivity contribution in [1.82, 2.24) is 9.55 Å². The van der Waals surface area contributed by atoms with Crippen molar-refractivity contribution in [3.8, 4) is 50.5 Å². The fourth-order valence-corrected chi connectivity index (χ4v) is 8.29. The Morgan fingerprint density at radius 3 is 2.09 bits per heavy atom. The van der Waals surface area contributed by atoms with Gasteiger partial charge in [0.25, 0.3) is 0 Å². The molecule has 3 heterocycles. The van der Waals surface area contributed by atoms with Gasteiger partial charge < -0.3 is 4.57 Å². The first kappa shape index (κ1) is 27.9. The highest BCUT2D eigenvalue weighted by molar-refractivity contribution is 7.99. The lowest BCUT2D eigenvalue weighted by Gasteiger charge is -2.21. The Hall–Kier alpha value is -5.38. The number of aromatic nitrogens is 2. The first-order valence-corrected chi connectivity index (χ1v) is 17.1. The van der Waals surface area contributed by atoms with Gasteiger partial charge in [-0.2, -0.15) is 0 Å². The summed E-state index contributed by atoms with van der Waals surface area (Å²) in [6.07, 6.45) is 8.85. The lowest BCUT2D eigenvalue weighted by Crippen LogP contribution is -2.10. The van der Waals surface area contributed by atoms with Crippen LogP contribution < -0.4 is 0 Å². The summed E-state index contributed by atoms with van der Waals surface area (Å²) in [6.45, 7) is 2.27. The molecule has 2 unspecified atom stereocenters. The van der Waals surface area contributed by atoms with E-state index >= 15 is 0 Å². The van der Waals surface area contributed by atoms with E-state index in [4.69, 9.17) is 4.98 Å². The predicted molar refractivity (Wildman–Crippen MR) is 197 cm³/mol. The van der Waals surface area contributed by atoms with Gasteiger partial charge in [0, 0.05) is 49.2 Å². The van der Waals surface area contributed by atoms with Crippen molar-refractivity contribution in [2.24, 2.45) is 5.92 Å². The Labute approximate surface area is 279 Å². The summed E-state index contributed by atoms with van der Waals surface area (Å²) in [5.74, 6) is 0.626. The molecule has 2 atom stereocenters. The van der Waals surface area contributed by atoms with Crippen molar-refractivity contribution in [3.05, 3.63) is 170 Å². The minimum absolute atomic E-state index is 0.240. The number of hydrogen-bond donors (Lipinski definition) is 0. The van der Waals surface area contributed by atoms with Crippen LogP contribution in [0.25, 0.3) is 61.4 Å². The van der Waals surface area contributed by atoms with Crippen LogP contribution in [0.15, 0.2) is 174 Å². The summed E-state index contributed by atoms with van der Waals surface area (Å²) in [6, 6.07) is 50.7. The average Bonchev–Trinajstić information content (AvgIpc) is 3.39. The number of benzene rings is 5. The molecule has 3 heteroatoms. The van der Waals surface area contributed by atoms with E-state index in [1.807, 2.05) is 11.8 Å². The summed E-state index contributed by atoms with van der Waals surface area (Å²) < 4.78 is 2.46. The SMILES string of the molecule is CC1C=CC=CC1c1cc(-c2ccc(-n3c4c(c5ccccc53)-c3ccccc3Sc3ccccc3-4)cc2)cc(-c2ccccc2)n1. The Morgan fingerprint density at radius 2 is 1.28 bits per heavy atom. The molecule has 47 heavy (non-hydrogen) atoms. The molecule has 0 fully saturated rings. The first-order valence-electron chi connectivity index (χ1n) is 16.3. The molecule has 7 aromatic rings. The maximum Gasteiger partial charge on any atom is 0.0711 e. The fourth-order valence-electron chi connectivity index (χ4n) is 7.20. The van der Waals surface area contributed by atoms with E-state index in [9.17, 15) is 0 Å². The molecule has 1 aliphatic carbocycles. The van der Waals surface area contributed by atoms with Crippen LogP contribution >= 0.6 is 11.8 Å². The second-order valence-corrected chi connectivity index (χ2v) is 13.5. The number of hydrogen-bond acceptors (Lipinski definition) is 2. The third kappa shape index (κ3) is 4.78. The minimum atomic E-state index is 0.240. The summed E-state index contributed by atoms with van der Waals surface area (Å²) >= 11 is 1.86. The molecule has 0 N–H and O–H groups in total. The molecule has 5 aromatic carbocycles. The minimum Gasteiger partial charge on any atom is -0.309 e. The molecule has 0 saturated carbocycles. The van der Waals surface area contributed by atoms with Crippen LogP contribution in [0.2, 0.25) is 0 Å². The van der Waals surface area contributed by atoms with Gasteiger partial charge in [0.2, 0.25) is 0 Å². The third-order valence-electron chi connectivity index (χ3n) is 9.52. The van der Waals surface area contributed by atoms with Gasteiger partial charge in [-0.1, -0.05) is 140 Å². The zero-order valence-electron chi connectivity index (χ0n) is 26.0. The van der Waals surface area contributed by atoms with Gasteiger partial charge in [0.05, 0.1) is 16.9 Å². The number of para-hydroxylation sites is 1. The molecule has 0 radical (unpaired) electrons. The first-order chi connectivity index (χ1) is 23.2. The van der Waals surface area contributed by atoms with Gasteiger partial charge in [0.15, 0.2) is 0 Å². The highest BCUT2D eigenvalue weighted by atomic mass is 32.2. The Bertz CT molecular complexity index is 2340. The summed E-state index contributed by atoms with van der Waals surface area (Å²) in [5.41, 5.74) is 13.1. The van der Waals surface area contributed by atoms with Gasteiger partial charge in [-0.25, -0.2) is 0 Å².